The molecule has 0 aliphatic heterocycles. The molecule has 1 aromatic rings. The maximum absolute atomic E-state index is 11.6. The van der Waals surface area contributed by atoms with Gasteiger partial charge >= 0.3 is 0 Å². The highest BCUT2D eigenvalue weighted by Gasteiger charge is 2.10. The van der Waals surface area contributed by atoms with Crippen LogP contribution in [0.3, 0.4) is 0 Å². The molecule has 0 radical (unpaired) electrons. The van der Waals surface area contributed by atoms with E-state index in [1.54, 1.807) is 13.0 Å². The van der Waals surface area contributed by atoms with E-state index in [9.17, 15) is 4.79 Å². The number of hydrogen-bond acceptors (Lipinski definition) is 3. The summed E-state index contributed by atoms with van der Waals surface area (Å²) in [5.74, 6) is 2.01. The minimum absolute atomic E-state index is 0.0637. The lowest BCUT2D eigenvalue weighted by atomic mass is 9.99. The van der Waals surface area contributed by atoms with Crippen molar-refractivity contribution >= 4 is 5.78 Å². The van der Waals surface area contributed by atoms with E-state index in [0.29, 0.717) is 11.5 Å². The molecule has 3 nitrogen and oxygen atoms in total. The van der Waals surface area contributed by atoms with E-state index < -0.39 is 0 Å². The summed E-state index contributed by atoms with van der Waals surface area (Å²) >= 11 is 0. The van der Waals surface area contributed by atoms with Crippen LogP contribution in [0.5, 0.6) is 5.75 Å². The first kappa shape index (κ1) is 18.8. The summed E-state index contributed by atoms with van der Waals surface area (Å²) in [4.78, 5) is 11.6. The van der Waals surface area contributed by atoms with Crippen molar-refractivity contribution < 1.29 is 14.3 Å². The van der Waals surface area contributed by atoms with Gasteiger partial charge in [0.25, 0.3) is 0 Å². The van der Waals surface area contributed by atoms with Crippen molar-refractivity contribution in [3.8, 4) is 5.75 Å². The van der Waals surface area contributed by atoms with Gasteiger partial charge in [-0.1, -0.05) is 6.58 Å². The molecule has 0 unspecified atom stereocenters. The number of hydrogen-bond donors (Lipinski definition) is 0. The predicted octanol–water partition coefficient (Wildman–Crippen LogP) is 5.28. The average Bonchev–Trinajstić information content (AvgIpc) is 2.41. The van der Waals surface area contributed by atoms with Gasteiger partial charge < -0.3 is 9.47 Å². The lowest BCUT2D eigenvalue weighted by molar-refractivity contribution is 0.101. The second kappa shape index (κ2) is 8.37. The number of benzene rings is 1. The van der Waals surface area contributed by atoms with Gasteiger partial charge in [0.2, 0.25) is 0 Å². The number of aryl methyl sites for hydroxylation is 2. The van der Waals surface area contributed by atoms with Crippen LogP contribution in [0.4, 0.5) is 0 Å². The summed E-state index contributed by atoms with van der Waals surface area (Å²) < 4.78 is 11.4. The van der Waals surface area contributed by atoms with Crippen LogP contribution in [-0.2, 0) is 4.74 Å². The number of ketones is 1. The lowest BCUT2D eigenvalue weighted by Crippen LogP contribution is -2.02. The molecule has 0 saturated carbocycles. The molecule has 124 valence electrons. The van der Waals surface area contributed by atoms with Gasteiger partial charge in [-0.15, -0.1) is 0 Å². The Morgan fingerprint density at radius 1 is 1.17 bits per heavy atom. The van der Waals surface area contributed by atoms with Crippen LogP contribution in [0.25, 0.3) is 0 Å². The number of ether oxygens (including phenoxy) is 2. The Morgan fingerprint density at radius 2 is 1.74 bits per heavy atom. The van der Waals surface area contributed by atoms with Gasteiger partial charge in [-0.3, -0.25) is 4.79 Å². The van der Waals surface area contributed by atoms with Gasteiger partial charge in [0, 0.05) is 5.56 Å². The molecule has 1 aromatic carbocycles. The Balaban J connectivity index is 2.84. The van der Waals surface area contributed by atoms with Crippen LogP contribution in [0, 0.1) is 13.8 Å². The van der Waals surface area contributed by atoms with Crippen molar-refractivity contribution in [2.45, 2.75) is 47.6 Å². The molecule has 0 spiro atoms. The molecule has 0 aliphatic carbocycles. The van der Waals surface area contributed by atoms with E-state index in [2.05, 4.69) is 6.58 Å². The summed E-state index contributed by atoms with van der Waals surface area (Å²) in [6, 6.07) is 3.70. The van der Waals surface area contributed by atoms with Crippen LogP contribution in [0.2, 0.25) is 0 Å². The Labute approximate surface area is 139 Å². The number of rotatable bonds is 7. The molecular weight excluding hydrogens is 288 g/mol. The van der Waals surface area contributed by atoms with Crippen molar-refractivity contribution in [2.24, 2.45) is 0 Å². The van der Waals surface area contributed by atoms with Crippen molar-refractivity contribution in [1.82, 2.24) is 0 Å². The molecule has 3 heteroatoms. The molecule has 0 N–H and O–H groups in total. The van der Waals surface area contributed by atoms with Gasteiger partial charge in [0.1, 0.15) is 17.3 Å². The zero-order valence-electron chi connectivity index (χ0n) is 14.9. The summed E-state index contributed by atoms with van der Waals surface area (Å²) in [6.45, 7) is 15.1. The fraction of sp³-hybridized carbons (Fsp3) is 0.350. The van der Waals surface area contributed by atoms with E-state index in [0.717, 1.165) is 22.4 Å². The van der Waals surface area contributed by atoms with E-state index >= 15 is 0 Å². The Bertz CT molecular complexity index is 626. The molecule has 0 atom stereocenters. The first-order valence-corrected chi connectivity index (χ1v) is 7.74. The molecule has 0 amide bonds. The fourth-order valence-corrected chi connectivity index (χ4v) is 2.37. The second-order valence-corrected chi connectivity index (χ2v) is 5.75. The molecule has 0 heterocycles. The summed E-state index contributed by atoms with van der Waals surface area (Å²) in [6.07, 6.45) is 5.59. The number of carbonyl (C=O) groups excluding carboxylic acids is 1. The van der Waals surface area contributed by atoms with Gasteiger partial charge in [0.05, 0.1) is 6.10 Å². The van der Waals surface area contributed by atoms with E-state index in [-0.39, 0.29) is 11.9 Å². The van der Waals surface area contributed by atoms with Gasteiger partial charge in [-0.25, -0.2) is 0 Å². The second-order valence-electron chi connectivity index (χ2n) is 5.75. The van der Waals surface area contributed by atoms with Gasteiger partial charge in [0.15, 0.2) is 5.78 Å². The van der Waals surface area contributed by atoms with E-state index in [1.807, 2.05) is 58.9 Å². The Hall–Kier alpha value is -2.29. The maximum Gasteiger partial charge on any atom is 0.160 e. The highest BCUT2D eigenvalue weighted by molar-refractivity contribution is 5.97. The summed E-state index contributed by atoms with van der Waals surface area (Å²) in [5, 5.41) is 0. The molecule has 23 heavy (non-hydrogen) atoms. The molecule has 0 bridgehead atoms. The predicted molar refractivity (Wildman–Crippen MR) is 94.8 cm³/mol. The lowest BCUT2D eigenvalue weighted by Gasteiger charge is -2.12. The monoisotopic (exact) mass is 314 g/mol. The third-order valence-corrected chi connectivity index (χ3v) is 3.20. The largest absolute Gasteiger partial charge is 0.491 e. The minimum atomic E-state index is 0.0637. The fourth-order valence-electron chi connectivity index (χ4n) is 2.37. The van der Waals surface area contributed by atoms with Crippen LogP contribution in [0.1, 0.15) is 49.2 Å². The maximum atomic E-state index is 11.6. The first-order chi connectivity index (χ1) is 10.7. The third-order valence-electron chi connectivity index (χ3n) is 3.20. The van der Waals surface area contributed by atoms with Gasteiger partial charge in [-0.05, 0) is 83.0 Å². The van der Waals surface area contributed by atoms with E-state index in [4.69, 9.17) is 9.47 Å². The Kier molecular flexibility index (Phi) is 6.83. The molecule has 1 rings (SSSR count). The molecule has 0 aromatic heterocycles. The zero-order chi connectivity index (χ0) is 17.6. The summed E-state index contributed by atoms with van der Waals surface area (Å²) in [7, 11) is 0. The van der Waals surface area contributed by atoms with E-state index in [1.165, 1.54) is 0 Å². The normalized spacial score (nSPS) is 11.9. The van der Waals surface area contributed by atoms with Crippen molar-refractivity contribution in [3.63, 3.8) is 0 Å². The summed E-state index contributed by atoms with van der Waals surface area (Å²) in [5.41, 5.74) is 2.56. The highest BCUT2D eigenvalue weighted by Crippen LogP contribution is 2.24. The van der Waals surface area contributed by atoms with Crippen molar-refractivity contribution in [2.75, 3.05) is 0 Å². The smallest absolute Gasteiger partial charge is 0.160 e. The van der Waals surface area contributed by atoms with Crippen LogP contribution < -0.4 is 4.74 Å². The van der Waals surface area contributed by atoms with Gasteiger partial charge in [-0.2, -0.15) is 0 Å². The SMILES string of the molecule is C=C(/C=C\C(=C/C)OC(C)C)Oc1cc(C)c(C(C)=O)c(C)c1. The van der Waals surface area contributed by atoms with Crippen molar-refractivity contribution in [3.05, 3.63) is 65.1 Å². The quantitative estimate of drug-likeness (QED) is 0.390. The Morgan fingerprint density at radius 3 is 2.17 bits per heavy atom. The van der Waals surface area contributed by atoms with Crippen LogP contribution in [0.15, 0.2) is 48.5 Å². The van der Waals surface area contributed by atoms with Crippen molar-refractivity contribution in [1.29, 1.82) is 0 Å². The standard InChI is InChI=1S/C20H26O3/c1-8-18(22-13(2)3)10-9-16(6)23-19-11-14(4)20(17(7)21)15(5)12-19/h8-13H,6H2,1-5,7H3/b10-9-,18-8+. The molecular formula is C20H26O3. The van der Waals surface area contributed by atoms with Crippen LogP contribution >= 0.6 is 0 Å². The molecule has 0 aliphatic rings. The first-order valence-electron chi connectivity index (χ1n) is 7.74. The zero-order valence-corrected chi connectivity index (χ0v) is 14.9. The third kappa shape index (κ3) is 5.78. The molecule has 0 fully saturated rings. The topological polar surface area (TPSA) is 35.5 Å². The highest BCUT2D eigenvalue weighted by atomic mass is 16.5. The number of Topliss-reactive ketones (excluding diaryl/α,β-unsaturated/α-hetero) is 1. The molecule has 0 saturated heterocycles. The number of allylic oxidation sites excluding steroid dienone is 3. The average molecular weight is 314 g/mol. The number of carbonyl (C=O) groups is 1. The minimum Gasteiger partial charge on any atom is -0.491 e. The van der Waals surface area contributed by atoms with Crippen LogP contribution in [-0.4, -0.2) is 11.9 Å².